The molecule has 0 spiro atoms. The van der Waals surface area contributed by atoms with Crippen molar-refractivity contribution in [3.8, 4) is 33.9 Å². The van der Waals surface area contributed by atoms with E-state index in [1.807, 2.05) is 96.4 Å². The van der Waals surface area contributed by atoms with Crippen LogP contribution in [0.1, 0.15) is 12.0 Å². The number of benzene rings is 3. The molecule has 0 unspecified atom stereocenters. The molecule has 0 bridgehead atoms. The fourth-order valence-corrected chi connectivity index (χ4v) is 3.68. The minimum absolute atomic E-state index is 0.0817. The van der Waals surface area contributed by atoms with E-state index in [2.05, 4.69) is 0 Å². The molecule has 1 heterocycles. The number of aliphatic carboxylic acids is 1. The summed E-state index contributed by atoms with van der Waals surface area (Å²) in [5.74, 6) is -0.467. The van der Waals surface area contributed by atoms with E-state index in [4.69, 9.17) is 0 Å². The van der Waals surface area contributed by atoms with E-state index in [1.165, 1.54) is 0 Å². The zero-order chi connectivity index (χ0) is 21.1. The van der Waals surface area contributed by atoms with E-state index in [9.17, 15) is 15.1 Å². The minimum Gasteiger partial charge on any atom is -0.710 e. The van der Waals surface area contributed by atoms with Crippen molar-refractivity contribution in [1.82, 2.24) is 4.57 Å². The number of aryl methyl sites for hydroxylation is 1. The van der Waals surface area contributed by atoms with Gasteiger partial charge in [0.1, 0.15) is 6.54 Å². The van der Waals surface area contributed by atoms with Crippen LogP contribution >= 0.6 is 0 Å². The summed E-state index contributed by atoms with van der Waals surface area (Å²) in [7, 11) is 0. The molecule has 0 aliphatic rings. The maximum Gasteiger partial charge on any atom is 0.307 e. The number of carboxylic acid groups (broad SMARTS) is 1. The molecule has 1 aromatic heterocycles. The zero-order valence-electron chi connectivity index (χ0n) is 16.7. The lowest BCUT2D eigenvalue weighted by Crippen LogP contribution is -2.30. The van der Waals surface area contributed by atoms with Gasteiger partial charge in [-0.2, -0.15) is 0 Å². The van der Waals surface area contributed by atoms with Gasteiger partial charge in [0.25, 0.3) is 5.82 Å². The summed E-state index contributed by atoms with van der Waals surface area (Å²) in [6.07, 6.45) is -0.0817. The van der Waals surface area contributed by atoms with Crippen molar-refractivity contribution < 1.29 is 14.6 Å². The third kappa shape index (κ3) is 3.70. The molecule has 5 heteroatoms. The minimum atomic E-state index is -0.906. The summed E-state index contributed by atoms with van der Waals surface area (Å²) in [5, 5.41) is 23.0. The van der Waals surface area contributed by atoms with Crippen LogP contribution < -0.4 is 4.73 Å². The number of carboxylic acids is 1. The Hall–Kier alpha value is -3.86. The highest BCUT2D eigenvalue weighted by Crippen LogP contribution is 2.35. The van der Waals surface area contributed by atoms with Crippen molar-refractivity contribution >= 4 is 5.97 Å². The number of carbonyl (C=O) groups is 1. The summed E-state index contributed by atoms with van der Waals surface area (Å²) < 4.78 is 2.77. The third-order valence-electron chi connectivity index (χ3n) is 5.10. The molecule has 150 valence electrons. The number of aromatic nitrogens is 2. The van der Waals surface area contributed by atoms with E-state index in [0.717, 1.165) is 27.0 Å². The lowest BCUT2D eigenvalue weighted by Gasteiger charge is -2.08. The summed E-state index contributed by atoms with van der Waals surface area (Å²) >= 11 is 0. The summed E-state index contributed by atoms with van der Waals surface area (Å²) in [6.45, 7) is 2.18. The lowest BCUT2D eigenvalue weighted by molar-refractivity contribution is -0.581. The number of hydrogen-bond donors (Lipinski definition) is 1. The SMILES string of the molecule is Cc1ccc(-c2n(CCC(=O)O)c(-c3ccccc3)c(-c3ccccc3)[n+]2[O-])cc1. The van der Waals surface area contributed by atoms with Crippen LogP contribution in [0.4, 0.5) is 0 Å². The van der Waals surface area contributed by atoms with Gasteiger partial charge < -0.3 is 10.3 Å². The van der Waals surface area contributed by atoms with Crippen LogP contribution in [0.5, 0.6) is 0 Å². The van der Waals surface area contributed by atoms with Gasteiger partial charge >= 0.3 is 5.97 Å². The molecule has 0 amide bonds. The van der Waals surface area contributed by atoms with E-state index < -0.39 is 5.97 Å². The molecule has 1 N–H and O–H groups in total. The van der Waals surface area contributed by atoms with Crippen molar-refractivity contribution in [2.75, 3.05) is 0 Å². The highest BCUT2D eigenvalue weighted by molar-refractivity contribution is 5.79. The van der Waals surface area contributed by atoms with E-state index in [0.29, 0.717) is 17.2 Å². The Morgan fingerprint density at radius 3 is 2.00 bits per heavy atom. The Morgan fingerprint density at radius 1 is 0.867 bits per heavy atom. The predicted octanol–water partition coefficient (Wildman–Crippen LogP) is 4.91. The third-order valence-corrected chi connectivity index (χ3v) is 5.10. The van der Waals surface area contributed by atoms with Gasteiger partial charge in [-0.25, -0.2) is 9.30 Å². The first-order valence-corrected chi connectivity index (χ1v) is 9.82. The second-order valence-corrected chi connectivity index (χ2v) is 7.21. The molecule has 0 saturated heterocycles. The summed E-state index contributed by atoms with van der Waals surface area (Å²) in [6, 6.07) is 26.8. The van der Waals surface area contributed by atoms with Gasteiger partial charge in [0.15, 0.2) is 11.4 Å². The molecule has 3 aromatic carbocycles. The van der Waals surface area contributed by atoms with E-state index in [1.54, 1.807) is 0 Å². The van der Waals surface area contributed by atoms with Gasteiger partial charge in [-0.3, -0.25) is 4.79 Å². The fraction of sp³-hybridized carbons (Fsp3) is 0.120. The average molecular weight is 398 g/mol. The summed E-state index contributed by atoms with van der Waals surface area (Å²) in [5.41, 5.74) is 4.72. The zero-order valence-corrected chi connectivity index (χ0v) is 16.7. The molecule has 0 saturated carbocycles. The number of imidazole rings is 1. The highest BCUT2D eigenvalue weighted by atomic mass is 16.5. The van der Waals surface area contributed by atoms with E-state index in [-0.39, 0.29) is 13.0 Å². The first kappa shape index (κ1) is 19.5. The predicted molar refractivity (Wildman–Crippen MR) is 117 cm³/mol. The Balaban J connectivity index is 2.05. The molecular weight excluding hydrogens is 376 g/mol. The molecule has 5 nitrogen and oxygen atoms in total. The molecule has 4 aromatic rings. The van der Waals surface area contributed by atoms with Gasteiger partial charge in [0.2, 0.25) is 0 Å². The second-order valence-electron chi connectivity index (χ2n) is 7.21. The molecular formula is C25H22N2O3. The Labute approximate surface area is 175 Å². The first-order chi connectivity index (χ1) is 14.6. The first-order valence-electron chi connectivity index (χ1n) is 9.82. The van der Waals surface area contributed by atoms with Gasteiger partial charge in [-0.15, -0.1) is 0 Å². The number of nitrogens with zero attached hydrogens (tertiary/aromatic N) is 2. The van der Waals surface area contributed by atoms with Crippen molar-refractivity contribution in [3.63, 3.8) is 0 Å². The standard InChI is InChI=1S/C25H22N2O3/c1-18-12-14-21(15-13-18)25-26(17-16-22(28)29)23(19-8-4-2-5-9-19)24(27(25)30)20-10-6-3-7-11-20/h2-15H,16-17H2,1H3,(H,28,29). The molecule has 4 rings (SSSR count). The maximum atomic E-state index is 13.7. The topological polar surface area (TPSA) is 69.2 Å². The van der Waals surface area contributed by atoms with Crippen LogP contribution in [-0.2, 0) is 11.3 Å². The van der Waals surface area contributed by atoms with Crippen molar-refractivity contribution in [3.05, 3.63) is 95.7 Å². The maximum absolute atomic E-state index is 13.7. The second kappa shape index (κ2) is 8.25. The summed E-state index contributed by atoms with van der Waals surface area (Å²) in [4.78, 5) is 11.4. The number of hydrogen-bond acceptors (Lipinski definition) is 2. The van der Waals surface area contributed by atoms with Crippen molar-refractivity contribution in [1.29, 1.82) is 0 Å². The molecule has 0 atom stereocenters. The van der Waals surface area contributed by atoms with Gasteiger partial charge in [-0.05, 0) is 19.1 Å². The molecule has 0 aliphatic heterocycles. The van der Waals surface area contributed by atoms with Crippen molar-refractivity contribution in [2.24, 2.45) is 0 Å². The Kier molecular flexibility index (Phi) is 5.35. The normalized spacial score (nSPS) is 10.8. The van der Waals surface area contributed by atoms with Crippen LogP contribution in [0.3, 0.4) is 0 Å². The van der Waals surface area contributed by atoms with Gasteiger partial charge in [-0.1, -0.05) is 78.4 Å². The van der Waals surface area contributed by atoms with Crippen LogP contribution in [0.15, 0.2) is 84.9 Å². The quantitative estimate of drug-likeness (QED) is 0.371. The van der Waals surface area contributed by atoms with Crippen molar-refractivity contribution in [2.45, 2.75) is 19.9 Å². The van der Waals surface area contributed by atoms with Crippen LogP contribution in [0.25, 0.3) is 33.9 Å². The van der Waals surface area contributed by atoms with Crippen LogP contribution in [0.2, 0.25) is 0 Å². The Bertz CT molecular complexity index is 1160. The lowest BCUT2D eigenvalue weighted by atomic mass is 10.0. The van der Waals surface area contributed by atoms with Gasteiger partial charge in [0, 0.05) is 11.1 Å². The monoisotopic (exact) mass is 398 g/mol. The smallest absolute Gasteiger partial charge is 0.307 e. The Morgan fingerprint density at radius 2 is 1.43 bits per heavy atom. The highest BCUT2D eigenvalue weighted by Gasteiger charge is 2.30. The van der Waals surface area contributed by atoms with Gasteiger partial charge in [0.05, 0.1) is 12.0 Å². The molecule has 0 radical (unpaired) electrons. The molecule has 0 aliphatic carbocycles. The molecule has 0 fully saturated rings. The fourth-order valence-electron chi connectivity index (χ4n) is 3.68. The molecule has 30 heavy (non-hydrogen) atoms. The van der Waals surface area contributed by atoms with E-state index >= 15 is 0 Å². The van der Waals surface area contributed by atoms with Crippen LogP contribution in [0, 0.1) is 12.1 Å². The van der Waals surface area contributed by atoms with Crippen LogP contribution in [-0.4, -0.2) is 15.6 Å². The number of rotatable bonds is 6. The average Bonchev–Trinajstić information content (AvgIpc) is 3.06. The largest absolute Gasteiger partial charge is 0.710 e.